The molecule has 3 aromatic carbocycles. The highest BCUT2D eigenvalue weighted by molar-refractivity contribution is 7.99. The van der Waals surface area contributed by atoms with Crippen molar-refractivity contribution in [2.24, 2.45) is 0 Å². The maximum atomic E-state index is 13.5. The van der Waals surface area contributed by atoms with E-state index in [4.69, 9.17) is 4.74 Å². The van der Waals surface area contributed by atoms with Crippen molar-refractivity contribution in [2.45, 2.75) is 31.7 Å². The molecule has 5 nitrogen and oxygen atoms in total. The summed E-state index contributed by atoms with van der Waals surface area (Å²) in [6.07, 6.45) is 0.460. The molecule has 0 bridgehead atoms. The second kappa shape index (κ2) is 12.8. The molecule has 0 aromatic heterocycles. The molecule has 0 radical (unpaired) electrons. The lowest BCUT2D eigenvalue weighted by atomic mass is 10.0. The number of benzene rings is 3. The van der Waals surface area contributed by atoms with Gasteiger partial charge in [0.25, 0.3) is 0 Å². The standard InChI is InChI=1S/C28H32N2O3S/c1-21-8-7-11-24(16-21)18-30(26(28(32)29-2)17-22-9-5-4-6-10-22)27(31)20-34-19-23-12-14-25(33-3)15-13-23/h4-16,26H,17-20H2,1-3H3,(H,29,32)/t26-/m1/s1. The molecule has 0 saturated carbocycles. The summed E-state index contributed by atoms with van der Waals surface area (Å²) in [5.74, 6) is 1.59. The fraction of sp³-hybridized carbons (Fsp3) is 0.286. The number of rotatable bonds is 11. The maximum absolute atomic E-state index is 13.5. The number of thioether (sulfide) groups is 1. The van der Waals surface area contributed by atoms with Crippen LogP contribution in [-0.2, 0) is 28.3 Å². The van der Waals surface area contributed by atoms with E-state index in [1.54, 1.807) is 30.8 Å². The molecule has 0 aliphatic carbocycles. The molecule has 0 unspecified atom stereocenters. The number of carbonyl (C=O) groups excluding carboxylic acids is 2. The first-order valence-electron chi connectivity index (χ1n) is 11.3. The Labute approximate surface area is 206 Å². The first kappa shape index (κ1) is 25.4. The van der Waals surface area contributed by atoms with E-state index in [0.717, 1.165) is 28.0 Å². The van der Waals surface area contributed by atoms with Gasteiger partial charge in [0, 0.05) is 25.8 Å². The summed E-state index contributed by atoms with van der Waals surface area (Å²) in [5.41, 5.74) is 4.27. The van der Waals surface area contributed by atoms with Gasteiger partial charge in [-0.3, -0.25) is 9.59 Å². The van der Waals surface area contributed by atoms with Gasteiger partial charge in [0.15, 0.2) is 0 Å². The van der Waals surface area contributed by atoms with Crippen molar-refractivity contribution in [3.63, 3.8) is 0 Å². The second-order valence-electron chi connectivity index (χ2n) is 8.17. The largest absolute Gasteiger partial charge is 0.497 e. The Morgan fingerprint density at radius 1 is 0.941 bits per heavy atom. The SMILES string of the molecule is CNC(=O)[C@@H](Cc1ccccc1)N(Cc1cccc(C)c1)C(=O)CSCc1ccc(OC)cc1. The van der Waals surface area contributed by atoms with Gasteiger partial charge >= 0.3 is 0 Å². The lowest BCUT2D eigenvalue weighted by Crippen LogP contribution is -2.50. The van der Waals surface area contributed by atoms with Gasteiger partial charge in [-0.2, -0.15) is 0 Å². The van der Waals surface area contributed by atoms with Crippen LogP contribution in [0.3, 0.4) is 0 Å². The van der Waals surface area contributed by atoms with E-state index >= 15 is 0 Å². The van der Waals surface area contributed by atoms with Crippen LogP contribution in [0.25, 0.3) is 0 Å². The lowest BCUT2D eigenvalue weighted by molar-refractivity contribution is -0.139. The second-order valence-corrected chi connectivity index (χ2v) is 9.16. The van der Waals surface area contributed by atoms with E-state index in [9.17, 15) is 9.59 Å². The first-order valence-corrected chi connectivity index (χ1v) is 12.5. The number of hydrogen-bond acceptors (Lipinski definition) is 4. The highest BCUT2D eigenvalue weighted by atomic mass is 32.2. The highest BCUT2D eigenvalue weighted by Crippen LogP contribution is 2.20. The molecule has 3 aromatic rings. The van der Waals surface area contributed by atoms with Crippen molar-refractivity contribution in [1.82, 2.24) is 10.2 Å². The molecule has 0 spiro atoms. The normalized spacial score (nSPS) is 11.5. The van der Waals surface area contributed by atoms with Crippen LogP contribution >= 0.6 is 11.8 Å². The predicted molar refractivity (Wildman–Crippen MR) is 139 cm³/mol. The Balaban J connectivity index is 1.78. The summed E-state index contributed by atoms with van der Waals surface area (Å²) >= 11 is 1.55. The van der Waals surface area contributed by atoms with E-state index in [1.807, 2.05) is 79.7 Å². The average Bonchev–Trinajstić information content (AvgIpc) is 2.86. The minimum absolute atomic E-state index is 0.0513. The Morgan fingerprint density at radius 2 is 1.65 bits per heavy atom. The zero-order valence-electron chi connectivity index (χ0n) is 20.0. The number of ether oxygens (including phenoxy) is 1. The van der Waals surface area contributed by atoms with Gasteiger partial charge < -0.3 is 15.0 Å². The number of nitrogens with zero attached hydrogens (tertiary/aromatic N) is 1. The molecule has 6 heteroatoms. The minimum atomic E-state index is -0.595. The van der Waals surface area contributed by atoms with E-state index in [0.29, 0.717) is 24.5 Å². The van der Waals surface area contributed by atoms with Crippen molar-refractivity contribution in [3.8, 4) is 5.75 Å². The van der Waals surface area contributed by atoms with Crippen molar-refractivity contribution >= 4 is 23.6 Å². The van der Waals surface area contributed by atoms with E-state index in [1.165, 1.54) is 0 Å². The van der Waals surface area contributed by atoms with Crippen LogP contribution in [0.2, 0.25) is 0 Å². The molecule has 178 valence electrons. The molecule has 1 N–H and O–H groups in total. The van der Waals surface area contributed by atoms with Crippen molar-refractivity contribution < 1.29 is 14.3 Å². The van der Waals surface area contributed by atoms with Crippen LogP contribution in [0.1, 0.15) is 22.3 Å². The minimum Gasteiger partial charge on any atom is -0.497 e. The van der Waals surface area contributed by atoms with Crippen molar-refractivity contribution in [3.05, 3.63) is 101 Å². The number of hydrogen-bond donors (Lipinski definition) is 1. The smallest absolute Gasteiger partial charge is 0.242 e. The number of amides is 2. The third-order valence-electron chi connectivity index (χ3n) is 5.61. The van der Waals surface area contributed by atoms with Crippen molar-refractivity contribution in [2.75, 3.05) is 19.9 Å². The number of aryl methyl sites for hydroxylation is 1. The molecule has 0 saturated heterocycles. The monoisotopic (exact) mass is 476 g/mol. The van der Waals surface area contributed by atoms with Crippen LogP contribution in [0, 0.1) is 6.92 Å². The fourth-order valence-electron chi connectivity index (χ4n) is 3.79. The summed E-state index contributed by atoms with van der Waals surface area (Å²) in [7, 11) is 3.26. The lowest BCUT2D eigenvalue weighted by Gasteiger charge is -2.31. The highest BCUT2D eigenvalue weighted by Gasteiger charge is 2.29. The molecule has 34 heavy (non-hydrogen) atoms. The third-order valence-corrected chi connectivity index (χ3v) is 6.59. The summed E-state index contributed by atoms with van der Waals surface area (Å²) in [6.45, 7) is 2.41. The van der Waals surface area contributed by atoms with Crippen LogP contribution in [0.4, 0.5) is 0 Å². The van der Waals surface area contributed by atoms with Crippen LogP contribution in [-0.4, -0.2) is 42.7 Å². The number of carbonyl (C=O) groups is 2. The van der Waals surface area contributed by atoms with Gasteiger partial charge in [0.05, 0.1) is 12.9 Å². The Hall–Kier alpha value is -3.25. The Bertz CT molecular complexity index is 1070. The number of methoxy groups -OCH3 is 1. The molecule has 0 fully saturated rings. The van der Waals surface area contributed by atoms with Crippen LogP contribution in [0.15, 0.2) is 78.9 Å². The van der Waals surface area contributed by atoms with Crippen LogP contribution in [0.5, 0.6) is 5.75 Å². The fourth-order valence-corrected chi connectivity index (χ4v) is 4.66. The van der Waals surface area contributed by atoms with E-state index in [2.05, 4.69) is 11.4 Å². The Morgan fingerprint density at radius 3 is 2.29 bits per heavy atom. The molecular formula is C28H32N2O3S. The van der Waals surface area contributed by atoms with Gasteiger partial charge in [0.1, 0.15) is 11.8 Å². The van der Waals surface area contributed by atoms with Gasteiger partial charge in [-0.15, -0.1) is 11.8 Å². The average molecular weight is 477 g/mol. The van der Waals surface area contributed by atoms with E-state index < -0.39 is 6.04 Å². The topological polar surface area (TPSA) is 58.6 Å². The summed E-state index contributed by atoms with van der Waals surface area (Å²) in [5, 5.41) is 2.76. The van der Waals surface area contributed by atoms with Gasteiger partial charge in [0.2, 0.25) is 11.8 Å². The Kier molecular flexibility index (Phi) is 9.59. The quantitative estimate of drug-likeness (QED) is 0.439. The third kappa shape index (κ3) is 7.39. The summed E-state index contributed by atoms with van der Waals surface area (Å²) in [6, 6.07) is 25.2. The molecular weight excluding hydrogens is 444 g/mol. The van der Waals surface area contributed by atoms with Crippen molar-refractivity contribution in [1.29, 1.82) is 0 Å². The molecule has 0 aliphatic rings. The first-order chi connectivity index (χ1) is 16.5. The van der Waals surface area contributed by atoms with Crippen LogP contribution < -0.4 is 10.1 Å². The molecule has 3 rings (SSSR count). The molecule has 0 aliphatic heterocycles. The summed E-state index contributed by atoms with van der Waals surface area (Å²) < 4.78 is 5.21. The zero-order chi connectivity index (χ0) is 24.3. The van der Waals surface area contributed by atoms with Gasteiger partial charge in [-0.05, 0) is 35.7 Å². The van der Waals surface area contributed by atoms with Gasteiger partial charge in [-0.1, -0.05) is 72.3 Å². The number of nitrogens with one attached hydrogen (secondary N) is 1. The molecule has 0 heterocycles. The maximum Gasteiger partial charge on any atom is 0.242 e. The number of likely N-dealkylation sites (N-methyl/N-ethyl adjacent to an activating group) is 1. The molecule has 2 amide bonds. The predicted octanol–water partition coefficient (Wildman–Crippen LogP) is 4.62. The molecule has 1 atom stereocenters. The van der Waals surface area contributed by atoms with E-state index in [-0.39, 0.29) is 11.8 Å². The summed E-state index contributed by atoms with van der Waals surface area (Å²) in [4.78, 5) is 28.2. The van der Waals surface area contributed by atoms with Gasteiger partial charge in [-0.25, -0.2) is 0 Å². The zero-order valence-corrected chi connectivity index (χ0v) is 20.8.